The molecule has 18 heavy (non-hydrogen) atoms. The summed E-state index contributed by atoms with van der Waals surface area (Å²) in [6.07, 6.45) is 1.95. The number of aromatic nitrogens is 1. The van der Waals surface area contributed by atoms with Crippen LogP contribution in [0.3, 0.4) is 0 Å². The maximum Gasteiger partial charge on any atom is 0.125 e. The van der Waals surface area contributed by atoms with Crippen LogP contribution in [0.5, 0.6) is 0 Å². The van der Waals surface area contributed by atoms with Crippen LogP contribution in [0.2, 0.25) is 0 Å². The molecule has 0 spiro atoms. The lowest BCUT2D eigenvalue weighted by atomic mass is 10.2. The average Bonchev–Trinajstić information content (AvgIpc) is 2.42. The van der Waals surface area contributed by atoms with E-state index in [2.05, 4.69) is 53.6 Å². The summed E-state index contributed by atoms with van der Waals surface area (Å²) >= 11 is 1.92. The third-order valence-corrected chi connectivity index (χ3v) is 3.64. The smallest absolute Gasteiger partial charge is 0.125 e. The second-order valence-electron chi connectivity index (χ2n) is 4.06. The summed E-state index contributed by atoms with van der Waals surface area (Å²) in [4.78, 5) is 4.37. The van der Waals surface area contributed by atoms with Crippen molar-refractivity contribution in [2.45, 2.75) is 18.4 Å². The minimum atomic E-state index is 0.912. The van der Waals surface area contributed by atoms with Crippen molar-refractivity contribution in [2.24, 2.45) is 0 Å². The lowest BCUT2D eigenvalue weighted by molar-refractivity contribution is 1.14. The van der Waals surface area contributed by atoms with Gasteiger partial charge in [0.2, 0.25) is 0 Å². The number of nitrogens with one attached hydrogen (secondary N) is 1. The van der Waals surface area contributed by atoms with Crippen LogP contribution in [-0.4, -0.2) is 11.5 Å². The Bertz CT molecular complexity index is 454. The first-order chi connectivity index (χ1) is 8.88. The molecule has 1 aromatic heterocycles. The Morgan fingerprint density at radius 1 is 1.00 bits per heavy atom. The number of hydrogen-bond donors (Lipinski definition) is 1. The molecule has 2 rings (SSSR count). The number of thioether (sulfide) groups is 1. The van der Waals surface area contributed by atoms with Crippen molar-refractivity contribution in [1.29, 1.82) is 0 Å². The van der Waals surface area contributed by atoms with E-state index < -0.39 is 0 Å². The fourth-order valence-electron chi connectivity index (χ4n) is 1.66. The van der Waals surface area contributed by atoms with Crippen LogP contribution in [0.1, 0.15) is 18.1 Å². The van der Waals surface area contributed by atoms with Crippen LogP contribution in [0.25, 0.3) is 0 Å². The Kier molecular flexibility index (Phi) is 5.09. The first-order valence-electron chi connectivity index (χ1n) is 6.19. The molecule has 0 bridgehead atoms. The van der Waals surface area contributed by atoms with Gasteiger partial charge in [0, 0.05) is 24.2 Å². The minimum Gasteiger partial charge on any atom is -0.370 e. The normalized spacial score (nSPS) is 10.3. The summed E-state index contributed by atoms with van der Waals surface area (Å²) in [5.41, 5.74) is 2.65. The zero-order chi connectivity index (χ0) is 12.6. The highest BCUT2D eigenvalue weighted by atomic mass is 32.2. The van der Waals surface area contributed by atoms with Gasteiger partial charge < -0.3 is 5.32 Å². The van der Waals surface area contributed by atoms with E-state index in [1.165, 1.54) is 11.1 Å². The van der Waals surface area contributed by atoms with Gasteiger partial charge in [0.25, 0.3) is 0 Å². The van der Waals surface area contributed by atoms with Crippen LogP contribution >= 0.6 is 11.8 Å². The molecule has 2 nitrogen and oxygen atoms in total. The lowest BCUT2D eigenvalue weighted by Crippen LogP contribution is -1.98. The SMILES string of the molecule is CCNc1ccc(CSCc2ccccc2)cn1. The van der Waals surface area contributed by atoms with Crippen molar-refractivity contribution in [1.82, 2.24) is 4.98 Å². The second-order valence-corrected chi connectivity index (χ2v) is 5.05. The van der Waals surface area contributed by atoms with Gasteiger partial charge in [-0.05, 0) is 24.1 Å². The van der Waals surface area contributed by atoms with E-state index in [4.69, 9.17) is 0 Å². The molecule has 0 aliphatic carbocycles. The van der Waals surface area contributed by atoms with Crippen LogP contribution in [0, 0.1) is 0 Å². The Hall–Kier alpha value is -1.48. The summed E-state index contributed by atoms with van der Waals surface area (Å²) in [6.45, 7) is 2.99. The van der Waals surface area contributed by atoms with Crippen molar-refractivity contribution in [3.05, 3.63) is 59.8 Å². The van der Waals surface area contributed by atoms with Gasteiger partial charge in [-0.2, -0.15) is 11.8 Å². The largest absolute Gasteiger partial charge is 0.370 e. The zero-order valence-corrected chi connectivity index (χ0v) is 11.4. The maximum absolute atomic E-state index is 4.37. The standard InChI is InChI=1S/C15H18N2S/c1-2-16-15-9-8-14(10-17-15)12-18-11-13-6-4-3-5-7-13/h3-10H,2,11-12H2,1H3,(H,16,17). The van der Waals surface area contributed by atoms with Crippen molar-refractivity contribution < 1.29 is 0 Å². The molecule has 1 aromatic carbocycles. The fraction of sp³-hybridized carbons (Fsp3) is 0.267. The monoisotopic (exact) mass is 258 g/mol. The van der Waals surface area contributed by atoms with Crippen LogP contribution in [0.15, 0.2) is 48.7 Å². The zero-order valence-electron chi connectivity index (χ0n) is 10.6. The molecule has 0 aliphatic heterocycles. The Labute approximate surface area is 113 Å². The van der Waals surface area contributed by atoms with Gasteiger partial charge in [0.1, 0.15) is 5.82 Å². The van der Waals surface area contributed by atoms with Crippen molar-refractivity contribution >= 4 is 17.6 Å². The van der Waals surface area contributed by atoms with Crippen molar-refractivity contribution in [3.8, 4) is 0 Å². The molecule has 1 N–H and O–H groups in total. The van der Waals surface area contributed by atoms with Gasteiger partial charge >= 0.3 is 0 Å². The summed E-state index contributed by atoms with van der Waals surface area (Å²) in [6, 6.07) is 14.7. The molecule has 0 fully saturated rings. The highest BCUT2D eigenvalue weighted by Crippen LogP contribution is 2.17. The summed E-state index contributed by atoms with van der Waals surface area (Å²) in [5.74, 6) is 3.01. The Morgan fingerprint density at radius 3 is 2.44 bits per heavy atom. The number of pyridine rings is 1. The topological polar surface area (TPSA) is 24.9 Å². The molecule has 94 valence electrons. The van der Waals surface area contributed by atoms with E-state index in [9.17, 15) is 0 Å². The van der Waals surface area contributed by atoms with Crippen LogP contribution in [0.4, 0.5) is 5.82 Å². The summed E-state index contributed by atoms with van der Waals surface area (Å²) in [5, 5.41) is 3.20. The number of nitrogens with zero attached hydrogens (tertiary/aromatic N) is 1. The van der Waals surface area contributed by atoms with Crippen LogP contribution in [-0.2, 0) is 11.5 Å². The van der Waals surface area contributed by atoms with Crippen molar-refractivity contribution in [2.75, 3.05) is 11.9 Å². The lowest BCUT2D eigenvalue weighted by Gasteiger charge is -2.04. The Balaban J connectivity index is 1.80. The van der Waals surface area contributed by atoms with E-state index in [0.717, 1.165) is 23.9 Å². The molecule has 1 heterocycles. The first-order valence-corrected chi connectivity index (χ1v) is 7.34. The van der Waals surface area contributed by atoms with E-state index in [0.29, 0.717) is 0 Å². The molecule has 2 aromatic rings. The molecular weight excluding hydrogens is 240 g/mol. The van der Waals surface area contributed by atoms with E-state index in [-0.39, 0.29) is 0 Å². The molecule has 0 aliphatic rings. The van der Waals surface area contributed by atoms with Gasteiger partial charge in [0.15, 0.2) is 0 Å². The quantitative estimate of drug-likeness (QED) is 0.849. The maximum atomic E-state index is 4.37. The molecule has 0 saturated carbocycles. The second kappa shape index (κ2) is 7.07. The van der Waals surface area contributed by atoms with Gasteiger partial charge in [0.05, 0.1) is 0 Å². The van der Waals surface area contributed by atoms with Gasteiger partial charge in [-0.1, -0.05) is 36.4 Å². The predicted molar refractivity (Wildman–Crippen MR) is 79.8 cm³/mol. The molecule has 0 atom stereocenters. The molecule has 0 unspecified atom stereocenters. The minimum absolute atomic E-state index is 0.912. The predicted octanol–water partition coefficient (Wildman–Crippen LogP) is 3.95. The van der Waals surface area contributed by atoms with Gasteiger partial charge in [-0.25, -0.2) is 4.98 Å². The number of rotatable bonds is 6. The molecule has 0 radical (unpaired) electrons. The molecular formula is C15H18N2S. The highest BCUT2D eigenvalue weighted by Gasteiger charge is 1.97. The number of anilines is 1. The van der Waals surface area contributed by atoms with Crippen LogP contribution < -0.4 is 5.32 Å². The number of hydrogen-bond acceptors (Lipinski definition) is 3. The highest BCUT2D eigenvalue weighted by molar-refractivity contribution is 7.97. The molecule has 0 saturated heterocycles. The molecule has 3 heteroatoms. The third kappa shape index (κ3) is 4.08. The van der Waals surface area contributed by atoms with E-state index in [1.54, 1.807) is 0 Å². The summed E-state index contributed by atoms with van der Waals surface area (Å²) in [7, 11) is 0. The van der Waals surface area contributed by atoms with Gasteiger partial charge in [-0.3, -0.25) is 0 Å². The average molecular weight is 258 g/mol. The van der Waals surface area contributed by atoms with E-state index in [1.807, 2.05) is 24.0 Å². The molecule has 0 amide bonds. The van der Waals surface area contributed by atoms with Gasteiger partial charge in [-0.15, -0.1) is 0 Å². The fourth-order valence-corrected chi connectivity index (χ4v) is 2.59. The third-order valence-electron chi connectivity index (χ3n) is 2.56. The summed E-state index contributed by atoms with van der Waals surface area (Å²) < 4.78 is 0. The Morgan fingerprint density at radius 2 is 1.78 bits per heavy atom. The number of benzene rings is 1. The van der Waals surface area contributed by atoms with Crippen molar-refractivity contribution in [3.63, 3.8) is 0 Å². The first kappa shape index (κ1) is 13.0. The van der Waals surface area contributed by atoms with E-state index >= 15 is 0 Å².